The molecule has 0 radical (unpaired) electrons. The van der Waals surface area contributed by atoms with Gasteiger partial charge in [-0.2, -0.15) is 5.10 Å². The van der Waals surface area contributed by atoms with Crippen molar-refractivity contribution in [1.82, 2.24) is 0 Å². The SMILES string of the molecule is O=C(Nc1sc2c(c1/C=N/Nc1ccccc1)CCCC2)c1ccccc1. The second-order valence-corrected chi connectivity index (χ2v) is 7.62. The van der Waals surface area contributed by atoms with Gasteiger partial charge in [0.15, 0.2) is 0 Å². The van der Waals surface area contributed by atoms with Gasteiger partial charge in [-0.3, -0.25) is 10.2 Å². The van der Waals surface area contributed by atoms with Gasteiger partial charge in [0.2, 0.25) is 0 Å². The van der Waals surface area contributed by atoms with Gasteiger partial charge in [-0.1, -0.05) is 36.4 Å². The summed E-state index contributed by atoms with van der Waals surface area (Å²) in [6.07, 6.45) is 6.35. The minimum Gasteiger partial charge on any atom is -0.313 e. The number of hydrogen-bond acceptors (Lipinski definition) is 4. The molecule has 1 amide bonds. The van der Waals surface area contributed by atoms with E-state index < -0.39 is 0 Å². The smallest absolute Gasteiger partial charge is 0.256 e. The number of benzene rings is 2. The molecule has 3 aromatic rings. The van der Waals surface area contributed by atoms with Crippen LogP contribution in [0.2, 0.25) is 0 Å². The third kappa shape index (κ3) is 4.09. The zero-order valence-electron chi connectivity index (χ0n) is 14.9. The lowest BCUT2D eigenvalue weighted by molar-refractivity contribution is 0.102. The van der Waals surface area contributed by atoms with E-state index in [0.717, 1.165) is 29.1 Å². The summed E-state index contributed by atoms with van der Waals surface area (Å²) < 4.78 is 0. The number of nitrogens with one attached hydrogen (secondary N) is 2. The summed E-state index contributed by atoms with van der Waals surface area (Å²) in [5.41, 5.74) is 7.02. The molecule has 136 valence electrons. The molecule has 1 aliphatic carbocycles. The van der Waals surface area contributed by atoms with E-state index in [9.17, 15) is 4.79 Å². The second-order valence-electron chi connectivity index (χ2n) is 6.51. The predicted molar refractivity (Wildman–Crippen MR) is 113 cm³/mol. The molecule has 0 bridgehead atoms. The van der Waals surface area contributed by atoms with Crippen LogP contribution in [0.3, 0.4) is 0 Å². The molecule has 2 aromatic carbocycles. The van der Waals surface area contributed by atoms with Gasteiger partial charge >= 0.3 is 0 Å². The number of rotatable bonds is 5. The van der Waals surface area contributed by atoms with Gasteiger partial charge in [-0.05, 0) is 55.5 Å². The monoisotopic (exact) mass is 375 g/mol. The lowest BCUT2D eigenvalue weighted by Gasteiger charge is -2.11. The zero-order valence-corrected chi connectivity index (χ0v) is 15.8. The summed E-state index contributed by atoms with van der Waals surface area (Å²) in [6, 6.07) is 19.2. The molecule has 1 heterocycles. The maximum absolute atomic E-state index is 12.6. The molecule has 4 nitrogen and oxygen atoms in total. The molecule has 27 heavy (non-hydrogen) atoms. The number of hydrazone groups is 1. The fraction of sp³-hybridized carbons (Fsp3) is 0.182. The van der Waals surface area contributed by atoms with E-state index in [2.05, 4.69) is 15.8 Å². The average Bonchev–Trinajstić information content (AvgIpc) is 3.07. The van der Waals surface area contributed by atoms with Gasteiger partial charge in [0.1, 0.15) is 5.00 Å². The summed E-state index contributed by atoms with van der Waals surface area (Å²) in [7, 11) is 0. The number of aryl methyl sites for hydroxylation is 1. The Labute approximate surface area is 162 Å². The zero-order chi connectivity index (χ0) is 18.5. The summed E-state index contributed by atoms with van der Waals surface area (Å²) in [4.78, 5) is 14.0. The van der Waals surface area contributed by atoms with Crippen LogP contribution in [0.5, 0.6) is 0 Å². The van der Waals surface area contributed by atoms with Crippen LogP contribution >= 0.6 is 11.3 Å². The summed E-state index contributed by atoms with van der Waals surface area (Å²) in [5, 5.41) is 8.39. The van der Waals surface area contributed by atoms with Crippen LogP contribution in [0.25, 0.3) is 0 Å². The Bertz CT molecular complexity index is 948. The van der Waals surface area contributed by atoms with Gasteiger partial charge in [0.05, 0.1) is 11.9 Å². The number of amides is 1. The van der Waals surface area contributed by atoms with Crippen LogP contribution in [0, 0.1) is 0 Å². The number of hydrogen-bond donors (Lipinski definition) is 2. The Morgan fingerprint density at radius 2 is 1.67 bits per heavy atom. The van der Waals surface area contributed by atoms with Crippen molar-refractivity contribution in [3.8, 4) is 0 Å². The summed E-state index contributed by atoms with van der Waals surface area (Å²) in [6.45, 7) is 0. The number of carbonyl (C=O) groups excluding carboxylic acids is 1. The largest absolute Gasteiger partial charge is 0.313 e. The van der Waals surface area contributed by atoms with Crippen molar-refractivity contribution in [3.05, 3.63) is 82.2 Å². The van der Waals surface area contributed by atoms with Crippen LogP contribution in [0.15, 0.2) is 65.8 Å². The highest BCUT2D eigenvalue weighted by Crippen LogP contribution is 2.37. The molecule has 4 rings (SSSR count). The maximum Gasteiger partial charge on any atom is 0.256 e. The molecule has 0 saturated carbocycles. The van der Waals surface area contributed by atoms with Crippen molar-refractivity contribution in [1.29, 1.82) is 0 Å². The van der Waals surface area contributed by atoms with Crippen molar-refractivity contribution in [3.63, 3.8) is 0 Å². The van der Waals surface area contributed by atoms with E-state index in [1.165, 1.54) is 23.3 Å². The number of thiophene rings is 1. The van der Waals surface area contributed by atoms with E-state index in [0.29, 0.717) is 5.56 Å². The molecular weight excluding hydrogens is 354 g/mol. The van der Waals surface area contributed by atoms with Crippen LogP contribution in [-0.4, -0.2) is 12.1 Å². The quantitative estimate of drug-likeness (QED) is 0.468. The highest BCUT2D eigenvalue weighted by Gasteiger charge is 2.21. The molecule has 5 heteroatoms. The van der Waals surface area contributed by atoms with Gasteiger partial charge in [0.25, 0.3) is 5.91 Å². The van der Waals surface area contributed by atoms with Crippen LogP contribution in [-0.2, 0) is 12.8 Å². The second kappa shape index (κ2) is 8.18. The van der Waals surface area contributed by atoms with E-state index >= 15 is 0 Å². The van der Waals surface area contributed by atoms with Crippen LogP contribution in [0.4, 0.5) is 10.7 Å². The number of anilines is 2. The Morgan fingerprint density at radius 3 is 2.44 bits per heavy atom. The minimum atomic E-state index is -0.0835. The first-order chi connectivity index (χ1) is 13.3. The van der Waals surface area contributed by atoms with E-state index in [4.69, 9.17) is 0 Å². The van der Waals surface area contributed by atoms with Gasteiger partial charge in [-0.15, -0.1) is 11.3 Å². The van der Waals surface area contributed by atoms with Gasteiger partial charge in [-0.25, -0.2) is 0 Å². The van der Waals surface area contributed by atoms with Gasteiger partial charge < -0.3 is 5.32 Å². The summed E-state index contributed by atoms with van der Waals surface area (Å²) >= 11 is 1.68. The molecule has 0 fully saturated rings. The third-order valence-corrected chi connectivity index (χ3v) is 5.86. The number of fused-ring (bicyclic) bond motifs is 1. The Morgan fingerprint density at radius 1 is 0.963 bits per heavy atom. The fourth-order valence-electron chi connectivity index (χ4n) is 3.27. The number of carbonyl (C=O) groups is 1. The molecule has 1 aromatic heterocycles. The average molecular weight is 375 g/mol. The van der Waals surface area contributed by atoms with Crippen molar-refractivity contribution >= 4 is 34.1 Å². The number of para-hydroxylation sites is 1. The molecule has 2 N–H and O–H groups in total. The third-order valence-electron chi connectivity index (χ3n) is 4.64. The molecule has 0 unspecified atom stereocenters. The normalized spacial score (nSPS) is 13.3. The standard InChI is InChI=1S/C22H21N3OS/c26-21(16-9-3-1-4-10-16)24-22-19(18-13-7-8-14-20(18)27-22)15-23-25-17-11-5-2-6-12-17/h1-6,9-12,15,25H,7-8,13-14H2,(H,24,26)/b23-15+. The molecule has 0 aliphatic heterocycles. The topological polar surface area (TPSA) is 53.5 Å². The first-order valence-electron chi connectivity index (χ1n) is 9.16. The van der Waals surface area contributed by atoms with E-state index in [-0.39, 0.29) is 5.91 Å². The Balaban J connectivity index is 1.59. The van der Waals surface area contributed by atoms with Crippen molar-refractivity contribution in [2.75, 3.05) is 10.7 Å². The van der Waals surface area contributed by atoms with Crippen molar-refractivity contribution < 1.29 is 4.79 Å². The highest BCUT2D eigenvalue weighted by atomic mass is 32.1. The maximum atomic E-state index is 12.6. The van der Waals surface area contributed by atoms with E-state index in [1.807, 2.05) is 66.9 Å². The molecule has 0 atom stereocenters. The van der Waals surface area contributed by atoms with Crippen molar-refractivity contribution in [2.24, 2.45) is 5.10 Å². The lowest BCUT2D eigenvalue weighted by atomic mass is 9.96. The van der Waals surface area contributed by atoms with E-state index in [1.54, 1.807) is 11.3 Å². The van der Waals surface area contributed by atoms with Crippen molar-refractivity contribution in [2.45, 2.75) is 25.7 Å². The summed E-state index contributed by atoms with van der Waals surface area (Å²) in [5.74, 6) is -0.0835. The first kappa shape index (κ1) is 17.5. The molecule has 0 saturated heterocycles. The number of nitrogens with zero attached hydrogens (tertiary/aromatic N) is 1. The minimum absolute atomic E-state index is 0.0835. The van der Waals surface area contributed by atoms with Gasteiger partial charge in [0, 0.05) is 16.0 Å². The highest BCUT2D eigenvalue weighted by molar-refractivity contribution is 7.17. The fourth-order valence-corrected chi connectivity index (χ4v) is 4.53. The molecule has 1 aliphatic rings. The van der Waals surface area contributed by atoms with Crippen LogP contribution < -0.4 is 10.7 Å². The lowest BCUT2D eigenvalue weighted by Crippen LogP contribution is -2.12. The molecular formula is C22H21N3OS. The Kier molecular flexibility index (Phi) is 5.30. The Hall–Kier alpha value is -2.92. The van der Waals surface area contributed by atoms with Crippen LogP contribution in [0.1, 0.15) is 39.2 Å². The predicted octanol–water partition coefficient (Wildman–Crippen LogP) is 5.33. The first-order valence-corrected chi connectivity index (χ1v) is 9.98. The molecule has 0 spiro atoms.